The average molecular weight is 377 g/mol. The summed E-state index contributed by atoms with van der Waals surface area (Å²) in [6, 6.07) is 5.01. The van der Waals surface area contributed by atoms with E-state index in [1.165, 1.54) is 0 Å². The molecule has 1 aromatic rings. The summed E-state index contributed by atoms with van der Waals surface area (Å²) in [6.45, 7) is 3.60. The van der Waals surface area contributed by atoms with Crippen molar-refractivity contribution >= 4 is 39.4 Å². The summed E-state index contributed by atoms with van der Waals surface area (Å²) in [5, 5.41) is 12.3. The maximum absolute atomic E-state index is 12.1. The Morgan fingerprint density at radius 1 is 1.33 bits per heavy atom. The lowest BCUT2D eigenvalue weighted by atomic mass is 10.0. The molecule has 0 saturated carbocycles. The largest absolute Gasteiger partial charge is 0.481 e. The first-order chi connectivity index (χ1) is 9.81. The minimum Gasteiger partial charge on any atom is -0.481 e. The Bertz CT molecular complexity index is 522. The van der Waals surface area contributed by atoms with Gasteiger partial charge in [0.25, 0.3) is 5.91 Å². The van der Waals surface area contributed by atoms with Crippen LogP contribution in [-0.4, -0.2) is 23.0 Å². The number of benzene rings is 1. The quantitative estimate of drug-likeness (QED) is 0.752. The number of carbonyl (C=O) groups excluding carboxylic acids is 1. The number of aliphatic carboxylic acids is 1. The maximum Gasteiger partial charge on any atom is 0.306 e. The molecular weight excluding hydrogens is 358 g/mol. The fraction of sp³-hybridized carbons (Fsp3) is 0.467. The predicted molar refractivity (Wildman–Crippen MR) is 86.7 cm³/mol. The van der Waals surface area contributed by atoms with Crippen LogP contribution in [0.15, 0.2) is 22.7 Å². The Labute approximate surface area is 138 Å². The molecule has 1 amide bonds. The summed E-state index contributed by atoms with van der Waals surface area (Å²) in [4.78, 5) is 22.8. The predicted octanol–water partition coefficient (Wildman–Crippen LogP) is 4.11. The van der Waals surface area contributed by atoms with Crippen molar-refractivity contribution in [2.75, 3.05) is 0 Å². The van der Waals surface area contributed by atoms with Crippen LogP contribution < -0.4 is 5.32 Å². The van der Waals surface area contributed by atoms with Gasteiger partial charge in [0.05, 0.1) is 10.9 Å². The zero-order valence-electron chi connectivity index (χ0n) is 12.0. The Morgan fingerprint density at radius 3 is 2.57 bits per heavy atom. The number of hydrogen-bond acceptors (Lipinski definition) is 2. The van der Waals surface area contributed by atoms with Gasteiger partial charge in [0.2, 0.25) is 0 Å². The molecule has 0 bridgehead atoms. The number of carbonyl (C=O) groups is 2. The third-order valence-corrected chi connectivity index (χ3v) is 4.47. The second-order valence-corrected chi connectivity index (χ2v) is 6.44. The van der Waals surface area contributed by atoms with E-state index in [0.717, 1.165) is 12.8 Å². The second kappa shape index (κ2) is 8.39. The Hall–Kier alpha value is -1.07. The standard InChI is InChI=1S/C15H19BrClNO3/c1-9(15(20)21)4-3-5-10(2)18-14(19)11-6-7-13(17)12(16)8-11/h6-10H,3-5H2,1-2H3,(H,18,19)(H,20,21). The Balaban J connectivity index is 2.43. The van der Waals surface area contributed by atoms with Crippen LogP contribution in [0.4, 0.5) is 0 Å². The van der Waals surface area contributed by atoms with E-state index < -0.39 is 5.97 Å². The van der Waals surface area contributed by atoms with E-state index in [-0.39, 0.29) is 17.9 Å². The van der Waals surface area contributed by atoms with Gasteiger partial charge >= 0.3 is 5.97 Å². The minimum atomic E-state index is -0.780. The first kappa shape index (κ1) is 18.0. The van der Waals surface area contributed by atoms with Crippen molar-refractivity contribution in [3.8, 4) is 0 Å². The van der Waals surface area contributed by atoms with Gasteiger partial charge in [-0.2, -0.15) is 0 Å². The van der Waals surface area contributed by atoms with Crippen LogP contribution in [0.1, 0.15) is 43.5 Å². The van der Waals surface area contributed by atoms with Gasteiger partial charge in [-0.05, 0) is 53.9 Å². The smallest absolute Gasteiger partial charge is 0.306 e. The monoisotopic (exact) mass is 375 g/mol. The molecule has 21 heavy (non-hydrogen) atoms. The number of rotatable bonds is 7. The van der Waals surface area contributed by atoms with Gasteiger partial charge in [0, 0.05) is 16.1 Å². The molecule has 0 aromatic heterocycles. The zero-order chi connectivity index (χ0) is 16.0. The van der Waals surface area contributed by atoms with Crippen LogP contribution in [0.5, 0.6) is 0 Å². The van der Waals surface area contributed by atoms with Crippen molar-refractivity contribution in [2.45, 2.75) is 39.2 Å². The summed E-state index contributed by atoms with van der Waals surface area (Å²) in [6.07, 6.45) is 2.12. The van der Waals surface area contributed by atoms with Crippen molar-refractivity contribution in [3.05, 3.63) is 33.3 Å². The van der Waals surface area contributed by atoms with Crippen LogP contribution >= 0.6 is 27.5 Å². The highest BCUT2D eigenvalue weighted by Gasteiger charge is 2.13. The average Bonchev–Trinajstić information content (AvgIpc) is 2.41. The number of carboxylic acid groups (broad SMARTS) is 1. The van der Waals surface area contributed by atoms with Crippen LogP contribution in [0.25, 0.3) is 0 Å². The Kier molecular flexibility index (Phi) is 7.18. The van der Waals surface area contributed by atoms with Crippen molar-refractivity contribution in [1.82, 2.24) is 5.32 Å². The second-order valence-electron chi connectivity index (χ2n) is 5.17. The van der Waals surface area contributed by atoms with Crippen LogP contribution in [0.2, 0.25) is 5.02 Å². The van der Waals surface area contributed by atoms with Crippen molar-refractivity contribution in [1.29, 1.82) is 0 Å². The molecule has 2 unspecified atom stereocenters. The SMILES string of the molecule is CC(CCCC(C)C(=O)O)NC(=O)c1ccc(Cl)c(Br)c1. The molecule has 4 nitrogen and oxygen atoms in total. The third-order valence-electron chi connectivity index (χ3n) is 3.26. The van der Waals surface area contributed by atoms with E-state index in [2.05, 4.69) is 21.2 Å². The summed E-state index contributed by atoms with van der Waals surface area (Å²) in [5.41, 5.74) is 0.539. The fourth-order valence-corrected chi connectivity index (χ4v) is 2.37. The molecule has 0 aliphatic rings. The summed E-state index contributed by atoms with van der Waals surface area (Å²) in [7, 11) is 0. The first-order valence-corrected chi connectivity index (χ1v) is 7.97. The lowest BCUT2D eigenvalue weighted by Crippen LogP contribution is -2.32. The van der Waals surface area contributed by atoms with E-state index in [1.54, 1.807) is 25.1 Å². The van der Waals surface area contributed by atoms with Gasteiger partial charge in [-0.15, -0.1) is 0 Å². The lowest BCUT2D eigenvalue weighted by molar-refractivity contribution is -0.141. The van der Waals surface area contributed by atoms with E-state index in [9.17, 15) is 9.59 Å². The highest BCUT2D eigenvalue weighted by Crippen LogP contribution is 2.23. The molecule has 0 saturated heterocycles. The van der Waals surface area contributed by atoms with Gasteiger partial charge in [0.1, 0.15) is 0 Å². The molecule has 1 aromatic carbocycles. The molecule has 2 N–H and O–H groups in total. The number of nitrogens with one attached hydrogen (secondary N) is 1. The molecular formula is C15H19BrClNO3. The zero-order valence-corrected chi connectivity index (χ0v) is 14.4. The highest BCUT2D eigenvalue weighted by molar-refractivity contribution is 9.10. The van der Waals surface area contributed by atoms with Gasteiger partial charge in [0.15, 0.2) is 0 Å². The van der Waals surface area contributed by atoms with E-state index in [1.807, 2.05) is 6.92 Å². The van der Waals surface area contributed by atoms with Crippen molar-refractivity contribution in [2.24, 2.45) is 5.92 Å². The molecule has 2 atom stereocenters. The highest BCUT2D eigenvalue weighted by atomic mass is 79.9. The van der Waals surface area contributed by atoms with Gasteiger partial charge in [-0.1, -0.05) is 24.9 Å². The molecule has 0 aliphatic carbocycles. The summed E-state index contributed by atoms with van der Waals surface area (Å²) < 4.78 is 0.680. The molecule has 6 heteroatoms. The molecule has 116 valence electrons. The number of halogens is 2. The van der Waals surface area contributed by atoms with Gasteiger partial charge < -0.3 is 10.4 Å². The maximum atomic E-state index is 12.1. The number of amides is 1. The molecule has 1 rings (SSSR count). The normalized spacial score (nSPS) is 13.5. The van der Waals surface area contributed by atoms with E-state index >= 15 is 0 Å². The van der Waals surface area contributed by atoms with Crippen LogP contribution in [-0.2, 0) is 4.79 Å². The van der Waals surface area contributed by atoms with Gasteiger partial charge in [-0.25, -0.2) is 0 Å². The molecule has 0 heterocycles. The Morgan fingerprint density at radius 2 is 2.00 bits per heavy atom. The fourth-order valence-electron chi connectivity index (χ4n) is 1.87. The van der Waals surface area contributed by atoms with E-state index in [0.29, 0.717) is 21.5 Å². The molecule has 0 aliphatic heterocycles. The van der Waals surface area contributed by atoms with Crippen molar-refractivity contribution in [3.63, 3.8) is 0 Å². The first-order valence-electron chi connectivity index (χ1n) is 6.80. The van der Waals surface area contributed by atoms with Crippen LogP contribution in [0, 0.1) is 5.92 Å². The third kappa shape index (κ3) is 6.06. The summed E-state index contributed by atoms with van der Waals surface area (Å²) >= 11 is 9.17. The number of carboxylic acids is 1. The molecule has 0 fully saturated rings. The van der Waals surface area contributed by atoms with Crippen molar-refractivity contribution < 1.29 is 14.7 Å². The molecule has 0 radical (unpaired) electrons. The summed E-state index contributed by atoms with van der Waals surface area (Å²) in [5.74, 6) is -1.29. The van der Waals surface area contributed by atoms with E-state index in [4.69, 9.17) is 16.7 Å². The topological polar surface area (TPSA) is 66.4 Å². The lowest BCUT2D eigenvalue weighted by Gasteiger charge is -2.15. The minimum absolute atomic E-state index is 0.00653. The van der Waals surface area contributed by atoms with Gasteiger partial charge in [-0.3, -0.25) is 9.59 Å². The number of hydrogen-bond donors (Lipinski definition) is 2. The molecule has 0 spiro atoms. The van der Waals surface area contributed by atoms with Crippen LogP contribution in [0.3, 0.4) is 0 Å².